The monoisotopic (exact) mass is 285 g/mol. The van der Waals surface area contributed by atoms with Gasteiger partial charge in [-0.05, 0) is 37.5 Å². The summed E-state index contributed by atoms with van der Waals surface area (Å²) in [6, 6.07) is 0. The number of esters is 1. The van der Waals surface area contributed by atoms with Crippen LogP contribution in [0, 0.1) is 5.41 Å². The molecule has 116 valence electrons. The number of carbonyl (C=O) groups is 2. The molecule has 1 aliphatic heterocycles. The third kappa shape index (κ3) is 3.44. The fourth-order valence-electron chi connectivity index (χ4n) is 3.36. The molecule has 0 bridgehead atoms. The second-order valence-electron chi connectivity index (χ2n) is 6.60. The van der Waals surface area contributed by atoms with Gasteiger partial charge in [-0.2, -0.15) is 0 Å². The van der Waals surface area contributed by atoms with Gasteiger partial charge in [0.25, 0.3) is 0 Å². The number of nitrogens with zero attached hydrogens (tertiary/aromatic N) is 1. The number of carbonyl (C=O) groups excluding carboxylic acids is 1. The van der Waals surface area contributed by atoms with Crippen molar-refractivity contribution < 1.29 is 19.4 Å². The van der Waals surface area contributed by atoms with E-state index in [-0.39, 0.29) is 16.9 Å². The Kier molecular flexibility index (Phi) is 5.42. The van der Waals surface area contributed by atoms with Gasteiger partial charge in [-0.1, -0.05) is 20.8 Å². The Hall–Kier alpha value is -1.26. The highest BCUT2D eigenvalue weighted by atomic mass is 16.5. The van der Waals surface area contributed by atoms with Crippen LogP contribution < -0.4 is 0 Å². The number of rotatable bonds is 4. The van der Waals surface area contributed by atoms with Crippen molar-refractivity contribution in [1.82, 2.24) is 4.90 Å². The zero-order valence-electron chi connectivity index (χ0n) is 13.1. The van der Waals surface area contributed by atoms with Crippen molar-refractivity contribution in [2.24, 2.45) is 5.41 Å². The molecule has 0 aliphatic carbocycles. The number of piperidine rings is 1. The summed E-state index contributed by atoms with van der Waals surface area (Å²) in [5.41, 5.74) is -0.535. The summed E-state index contributed by atoms with van der Waals surface area (Å²) < 4.78 is 4.66. The molecule has 0 aromatic carbocycles. The lowest BCUT2D eigenvalue weighted by atomic mass is 9.65. The van der Waals surface area contributed by atoms with E-state index in [1.165, 1.54) is 7.11 Å². The minimum Gasteiger partial charge on any atom is -0.469 e. The minimum atomic E-state index is -0.849. The van der Waals surface area contributed by atoms with E-state index in [4.69, 9.17) is 0 Å². The molecule has 1 amide bonds. The number of ether oxygens (including phenoxy) is 1. The molecule has 0 aromatic rings. The van der Waals surface area contributed by atoms with Crippen molar-refractivity contribution >= 4 is 12.1 Å². The van der Waals surface area contributed by atoms with Gasteiger partial charge in [0.05, 0.1) is 12.6 Å². The normalized spacial score (nSPS) is 23.5. The summed E-state index contributed by atoms with van der Waals surface area (Å²) in [6.45, 7) is 6.86. The maximum atomic E-state index is 11.6. The predicted molar refractivity (Wildman–Crippen MR) is 76.6 cm³/mol. The Morgan fingerprint density at radius 3 is 2.45 bits per heavy atom. The van der Waals surface area contributed by atoms with Crippen LogP contribution in [-0.2, 0) is 9.53 Å². The highest BCUT2D eigenvalue weighted by Gasteiger charge is 2.49. The molecule has 1 aliphatic rings. The van der Waals surface area contributed by atoms with Crippen LogP contribution in [0.1, 0.15) is 59.3 Å². The van der Waals surface area contributed by atoms with E-state index >= 15 is 0 Å². The van der Waals surface area contributed by atoms with Crippen LogP contribution in [0.25, 0.3) is 0 Å². The van der Waals surface area contributed by atoms with Crippen LogP contribution in [0.3, 0.4) is 0 Å². The van der Waals surface area contributed by atoms with E-state index in [0.29, 0.717) is 25.8 Å². The summed E-state index contributed by atoms with van der Waals surface area (Å²) in [5, 5.41) is 9.53. The number of methoxy groups -OCH3 is 1. The van der Waals surface area contributed by atoms with E-state index in [1.54, 1.807) is 4.90 Å². The Bertz CT molecular complexity index is 361. The van der Waals surface area contributed by atoms with Gasteiger partial charge < -0.3 is 14.7 Å². The molecule has 1 heterocycles. The van der Waals surface area contributed by atoms with Crippen LogP contribution in [0.2, 0.25) is 0 Å². The average Bonchev–Trinajstić information content (AvgIpc) is 2.37. The molecule has 0 saturated carbocycles. The van der Waals surface area contributed by atoms with Gasteiger partial charge in [-0.25, -0.2) is 4.79 Å². The molecule has 1 N–H and O–H groups in total. The summed E-state index contributed by atoms with van der Waals surface area (Å²) in [6.07, 6.45) is 3.69. The van der Waals surface area contributed by atoms with Crippen molar-refractivity contribution in [3.8, 4) is 0 Å². The third-order valence-electron chi connectivity index (χ3n) is 4.56. The van der Waals surface area contributed by atoms with Crippen LogP contribution >= 0.6 is 0 Å². The standard InChI is InChI=1S/C15H27NO4/c1-14(2,3)15(10-7-8-12(17)20-4)9-5-6-11-16(15)13(18)19/h5-11H2,1-4H3,(H,18,19). The molecule has 5 nitrogen and oxygen atoms in total. The summed E-state index contributed by atoms with van der Waals surface area (Å²) in [5.74, 6) is -0.230. The number of hydrogen-bond acceptors (Lipinski definition) is 3. The highest BCUT2D eigenvalue weighted by Crippen LogP contribution is 2.46. The number of hydrogen-bond donors (Lipinski definition) is 1. The van der Waals surface area contributed by atoms with Crippen molar-refractivity contribution in [2.45, 2.75) is 64.8 Å². The molecular formula is C15H27NO4. The molecule has 0 aromatic heterocycles. The third-order valence-corrected chi connectivity index (χ3v) is 4.56. The van der Waals surface area contributed by atoms with Gasteiger partial charge in [-0.15, -0.1) is 0 Å². The zero-order valence-corrected chi connectivity index (χ0v) is 13.1. The zero-order chi connectivity index (χ0) is 15.4. The Morgan fingerprint density at radius 2 is 1.95 bits per heavy atom. The van der Waals surface area contributed by atoms with Crippen LogP contribution in [0.5, 0.6) is 0 Å². The fourth-order valence-corrected chi connectivity index (χ4v) is 3.36. The maximum Gasteiger partial charge on any atom is 0.407 e. The molecule has 1 atom stereocenters. The van der Waals surface area contributed by atoms with Gasteiger partial charge in [0.1, 0.15) is 0 Å². The first-order chi connectivity index (χ1) is 9.24. The topological polar surface area (TPSA) is 66.8 Å². The smallest absolute Gasteiger partial charge is 0.407 e. The SMILES string of the molecule is COC(=O)CCCC1(C(C)(C)C)CCCCN1C(=O)O. The largest absolute Gasteiger partial charge is 0.469 e. The van der Waals surface area contributed by atoms with Gasteiger partial charge in [-0.3, -0.25) is 4.79 Å². The molecule has 0 spiro atoms. The van der Waals surface area contributed by atoms with Gasteiger partial charge in [0.2, 0.25) is 0 Å². The summed E-state index contributed by atoms with van der Waals surface area (Å²) in [4.78, 5) is 24.5. The van der Waals surface area contributed by atoms with Gasteiger partial charge in [0.15, 0.2) is 0 Å². The van der Waals surface area contributed by atoms with Gasteiger partial charge >= 0.3 is 12.1 Å². The minimum absolute atomic E-state index is 0.151. The van der Waals surface area contributed by atoms with Crippen LogP contribution in [0.15, 0.2) is 0 Å². The van der Waals surface area contributed by atoms with Gasteiger partial charge in [0, 0.05) is 13.0 Å². The fraction of sp³-hybridized carbons (Fsp3) is 0.867. The molecule has 20 heavy (non-hydrogen) atoms. The second-order valence-corrected chi connectivity index (χ2v) is 6.60. The van der Waals surface area contributed by atoms with Crippen LogP contribution in [-0.4, -0.2) is 41.3 Å². The first-order valence-electron chi connectivity index (χ1n) is 7.32. The lowest BCUT2D eigenvalue weighted by Crippen LogP contribution is -2.61. The van der Waals surface area contributed by atoms with Crippen molar-refractivity contribution in [3.63, 3.8) is 0 Å². The maximum absolute atomic E-state index is 11.6. The first-order valence-corrected chi connectivity index (χ1v) is 7.32. The molecule has 1 saturated heterocycles. The molecule has 1 unspecified atom stereocenters. The Balaban J connectivity index is 2.90. The number of likely N-dealkylation sites (tertiary alicyclic amines) is 1. The second kappa shape index (κ2) is 6.46. The number of carboxylic acid groups (broad SMARTS) is 1. The van der Waals surface area contributed by atoms with Crippen molar-refractivity contribution in [2.75, 3.05) is 13.7 Å². The van der Waals surface area contributed by atoms with Crippen LogP contribution in [0.4, 0.5) is 4.79 Å². The van der Waals surface area contributed by atoms with Crippen molar-refractivity contribution in [3.05, 3.63) is 0 Å². The Labute approximate surface area is 121 Å². The average molecular weight is 285 g/mol. The van der Waals surface area contributed by atoms with E-state index in [1.807, 2.05) is 0 Å². The molecular weight excluding hydrogens is 258 g/mol. The Morgan fingerprint density at radius 1 is 1.30 bits per heavy atom. The van der Waals surface area contributed by atoms with E-state index in [9.17, 15) is 14.7 Å². The van der Waals surface area contributed by atoms with E-state index in [0.717, 1.165) is 19.3 Å². The molecule has 5 heteroatoms. The lowest BCUT2D eigenvalue weighted by molar-refractivity contribution is -0.141. The number of amides is 1. The molecule has 0 radical (unpaired) electrons. The summed E-state index contributed by atoms with van der Waals surface area (Å²) in [7, 11) is 1.38. The summed E-state index contributed by atoms with van der Waals surface area (Å²) >= 11 is 0. The van der Waals surface area contributed by atoms with E-state index < -0.39 is 6.09 Å². The van der Waals surface area contributed by atoms with Crippen molar-refractivity contribution in [1.29, 1.82) is 0 Å². The quantitative estimate of drug-likeness (QED) is 0.805. The first kappa shape index (κ1) is 16.8. The molecule has 1 fully saturated rings. The lowest BCUT2D eigenvalue weighted by Gasteiger charge is -2.54. The van der Waals surface area contributed by atoms with E-state index in [2.05, 4.69) is 25.5 Å². The molecule has 1 rings (SSSR count). The predicted octanol–water partition coefficient (Wildman–Crippen LogP) is 3.28. The highest BCUT2D eigenvalue weighted by molar-refractivity contribution is 5.69.